The van der Waals surface area contributed by atoms with Crippen molar-refractivity contribution in [3.8, 4) is 0 Å². The van der Waals surface area contributed by atoms with Gasteiger partial charge in [-0.3, -0.25) is 9.59 Å². The molecule has 182 valence electrons. The zero-order valence-electron chi connectivity index (χ0n) is 20.2. The van der Waals surface area contributed by atoms with E-state index < -0.39 is 17.1 Å². The Morgan fingerprint density at radius 2 is 1.97 bits per heavy atom. The number of allylic oxidation sites excluding steroid dienone is 4. The maximum atomic E-state index is 13.4. The lowest BCUT2D eigenvalue weighted by Crippen LogP contribution is -2.61. The Morgan fingerprint density at radius 1 is 1.27 bits per heavy atom. The average Bonchev–Trinajstić information content (AvgIpc) is 2.96. The van der Waals surface area contributed by atoms with Gasteiger partial charge < -0.3 is 10.2 Å². The number of rotatable bonds is 3. The molecule has 7 atom stereocenters. The fraction of sp³-hybridized carbons (Fsp3) is 0.731. The summed E-state index contributed by atoms with van der Waals surface area (Å²) in [4.78, 5) is 25.4. The predicted molar refractivity (Wildman–Crippen MR) is 140 cm³/mol. The Kier molecular flexibility index (Phi) is 6.66. The molecule has 33 heavy (non-hydrogen) atoms. The standard InChI is InChI=1S/C26H36O4S3/c1-23(2,3)33-22(31)32-14-20(29)26(30)11-9-18-17-7-6-15-12-16(27)8-10-24(15,4)21(17)19(28)13-25(18,26)5/h8,10,12,17-19,21,28,30H,6-7,9,11,13-14H2,1-5H3. The van der Waals surface area contributed by atoms with Gasteiger partial charge in [-0.15, -0.1) is 11.8 Å². The summed E-state index contributed by atoms with van der Waals surface area (Å²) in [6.45, 7) is 10.4. The Bertz CT molecular complexity index is 934. The van der Waals surface area contributed by atoms with Crippen molar-refractivity contribution in [1.82, 2.24) is 0 Å². The highest BCUT2D eigenvalue weighted by atomic mass is 32.2. The molecule has 3 saturated carbocycles. The third kappa shape index (κ3) is 4.24. The molecule has 7 unspecified atom stereocenters. The second-order valence-electron chi connectivity index (χ2n) is 11.8. The van der Waals surface area contributed by atoms with E-state index in [1.807, 2.05) is 13.0 Å². The first-order valence-electron chi connectivity index (χ1n) is 11.9. The van der Waals surface area contributed by atoms with Gasteiger partial charge in [0.2, 0.25) is 0 Å². The highest BCUT2D eigenvalue weighted by molar-refractivity contribution is 8.47. The zero-order valence-corrected chi connectivity index (χ0v) is 22.7. The summed E-state index contributed by atoms with van der Waals surface area (Å²) < 4.78 is 0.709. The summed E-state index contributed by atoms with van der Waals surface area (Å²) in [6.07, 6.45) is 8.08. The highest BCUT2D eigenvalue weighted by Crippen LogP contribution is 2.67. The number of carbonyl (C=O) groups is 2. The van der Waals surface area contributed by atoms with Crippen LogP contribution in [0.4, 0.5) is 0 Å². The Balaban J connectivity index is 1.55. The molecule has 4 aliphatic carbocycles. The van der Waals surface area contributed by atoms with Crippen molar-refractivity contribution in [3.63, 3.8) is 0 Å². The van der Waals surface area contributed by atoms with E-state index in [-0.39, 0.29) is 45.2 Å². The monoisotopic (exact) mass is 508 g/mol. The number of fused-ring (bicyclic) bond motifs is 5. The van der Waals surface area contributed by atoms with Crippen molar-refractivity contribution < 1.29 is 19.8 Å². The van der Waals surface area contributed by atoms with Gasteiger partial charge in [-0.1, -0.05) is 70.2 Å². The van der Waals surface area contributed by atoms with Crippen molar-refractivity contribution >= 4 is 50.8 Å². The van der Waals surface area contributed by atoms with E-state index in [1.54, 1.807) is 23.9 Å². The lowest BCUT2D eigenvalue weighted by Gasteiger charge is -2.59. The van der Waals surface area contributed by atoms with Crippen LogP contribution in [0.25, 0.3) is 0 Å². The number of thioether (sulfide) groups is 2. The molecular formula is C26H36O4S3. The summed E-state index contributed by atoms with van der Waals surface area (Å²) in [5.41, 5.74) is -1.32. The zero-order chi connectivity index (χ0) is 24.4. The highest BCUT2D eigenvalue weighted by Gasteiger charge is 2.67. The Morgan fingerprint density at radius 3 is 2.64 bits per heavy atom. The van der Waals surface area contributed by atoms with Crippen molar-refractivity contribution in [1.29, 1.82) is 0 Å². The van der Waals surface area contributed by atoms with Crippen LogP contribution in [0, 0.1) is 28.6 Å². The SMILES string of the molecule is CC(C)(C)SC(=S)SCC(=O)C1(O)CCC2C3CCC4=CC(=O)C=CC4(C)C3C(O)CC21C. The molecule has 0 heterocycles. The normalized spacial score (nSPS) is 42.3. The molecule has 4 rings (SSSR count). The average molecular weight is 509 g/mol. The minimum Gasteiger partial charge on any atom is -0.393 e. The lowest BCUT2D eigenvalue weighted by atomic mass is 9.46. The van der Waals surface area contributed by atoms with E-state index in [9.17, 15) is 19.8 Å². The van der Waals surface area contributed by atoms with Gasteiger partial charge in [-0.25, -0.2) is 0 Å². The van der Waals surface area contributed by atoms with Gasteiger partial charge in [0.1, 0.15) is 9.13 Å². The van der Waals surface area contributed by atoms with Gasteiger partial charge in [0.25, 0.3) is 0 Å². The first kappa shape index (κ1) is 25.6. The van der Waals surface area contributed by atoms with Crippen LogP contribution in [0.5, 0.6) is 0 Å². The van der Waals surface area contributed by atoms with Crippen LogP contribution in [0.3, 0.4) is 0 Å². The van der Waals surface area contributed by atoms with E-state index in [0.717, 1.165) is 28.4 Å². The molecule has 0 radical (unpaired) electrons. The van der Waals surface area contributed by atoms with Gasteiger partial charge in [0.15, 0.2) is 11.6 Å². The van der Waals surface area contributed by atoms with Crippen LogP contribution >= 0.6 is 35.7 Å². The number of thiocarbonyl (C=S) groups is 1. The minimum absolute atomic E-state index is 0.00233. The number of aliphatic hydroxyl groups is 2. The van der Waals surface area contributed by atoms with Crippen molar-refractivity contribution in [2.45, 2.75) is 83.2 Å². The van der Waals surface area contributed by atoms with Crippen LogP contribution in [0.1, 0.15) is 66.7 Å². The predicted octanol–water partition coefficient (Wildman–Crippen LogP) is 5.12. The third-order valence-electron chi connectivity index (χ3n) is 8.82. The Hall–Kier alpha value is -0.470. The largest absolute Gasteiger partial charge is 0.393 e. The van der Waals surface area contributed by atoms with E-state index in [4.69, 9.17) is 12.2 Å². The topological polar surface area (TPSA) is 74.6 Å². The first-order valence-corrected chi connectivity index (χ1v) is 14.2. The number of carbonyl (C=O) groups excluding carboxylic acids is 2. The molecule has 0 saturated heterocycles. The summed E-state index contributed by atoms with van der Waals surface area (Å²) in [6, 6.07) is 0. The van der Waals surface area contributed by atoms with Crippen LogP contribution in [-0.2, 0) is 9.59 Å². The number of hydrogen-bond donors (Lipinski definition) is 2. The third-order valence-corrected chi connectivity index (χ3v) is 11.4. The smallest absolute Gasteiger partial charge is 0.178 e. The molecule has 0 amide bonds. The fourth-order valence-corrected chi connectivity index (χ4v) is 10.4. The van der Waals surface area contributed by atoms with E-state index in [0.29, 0.717) is 12.8 Å². The molecule has 0 bridgehead atoms. The first-order chi connectivity index (χ1) is 15.2. The van der Waals surface area contributed by atoms with Crippen LogP contribution in [0.2, 0.25) is 0 Å². The van der Waals surface area contributed by atoms with Gasteiger partial charge >= 0.3 is 0 Å². The van der Waals surface area contributed by atoms with Crippen LogP contribution in [-0.4, -0.2) is 47.5 Å². The molecule has 7 heteroatoms. The molecule has 2 N–H and O–H groups in total. The van der Waals surface area contributed by atoms with E-state index in [1.165, 1.54) is 11.8 Å². The number of ketones is 2. The van der Waals surface area contributed by atoms with Gasteiger partial charge in [-0.05, 0) is 56.1 Å². The molecule has 0 aromatic heterocycles. The molecular weight excluding hydrogens is 472 g/mol. The Labute approximate surface area is 211 Å². The van der Waals surface area contributed by atoms with Crippen molar-refractivity contribution in [2.24, 2.45) is 28.6 Å². The van der Waals surface area contributed by atoms with Gasteiger partial charge in [0, 0.05) is 21.5 Å². The summed E-state index contributed by atoms with van der Waals surface area (Å²) in [5.74, 6) is 0.418. The number of Topliss-reactive ketones (excluding diaryl/α,β-unsaturated/α-hetero) is 1. The minimum atomic E-state index is -1.44. The number of aliphatic hydroxyl groups excluding tert-OH is 1. The number of hydrogen-bond acceptors (Lipinski definition) is 7. The molecule has 0 spiro atoms. The molecule has 0 aliphatic heterocycles. The fourth-order valence-electron chi connectivity index (χ4n) is 7.31. The second kappa shape index (κ2) is 8.58. The molecule has 4 aliphatic rings. The van der Waals surface area contributed by atoms with Crippen LogP contribution in [0.15, 0.2) is 23.8 Å². The van der Waals surface area contributed by atoms with Crippen molar-refractivity contribution in [2.75, 3.05) is 5.75 Å². The maximum Gasteiger partial charge on any atom is 0.178 e. The molecule has 3 fully saturated rings. The maximum absolute atomic E-state index is 13.4. The quantitative estimate of drug-likeness (QED) is 0.513. The van der Waals surface area contributed by atoms with E-state index >= 15 is 0 Å². The molecule has 0 aromatic rings. The summed E-state index contributed by atoms with van der Waals surface area (Å²) >= 11 is 8.38. The van der Waals surface area contributed by atoms with Gasteiger partial charge in [-0.2, -0.15) is 0 Å². The van der Waals surface area contributed by atoms with Gasteiger partial charge in [0.05, 0.1) is 11.9 Å². The van der Waals surface area contributed by atoms with Crippen molar-refractivity contribution in [3.05, 3.63) is 23.8 Å². The summed E-state index contributed by atoms with van der Waals surface area (Å²) in [7, 11) is 0. The molecule has 0 aromatic carbocycles. The second-order valence-corrected chi connectivity index (χ2v) is 15.8. The summed E-state index contributed by atoms with van der Waals surface area (Å²) in [5, 5.41) is 23.3. The van der Waals surface area contributed by atoms with Crippen LogP contribution < -0.4 is 0 Å². The van der Waals surface area contributed by atoms with E-state index in [2.05, 4.69) is 27.7 Å². The lowest BCUT2D eigenvalue weighted by molar-refractivity contribution is -0.174. The molecule has 4 nitrogen and oxygen atoms in total.